The molecule has 0 aliphatic heterocycles. The van der Waals surface area contributed by atoms with E-state index in [0.29, 0.717) is 19.3 Å². The third-order valence-electron chi connectivity index (χ3n) is 11.8. The first-order valence-electron chi connectivity index (χ1n) is 26.7. The second-order valence-corrected chi connectivity index (χ2v) is 17.9. The summed E-state index contributed by atoms with van der Waals surface area (Å²) in [5.41, 5.74) is 0. The number of esters is 1. The summed E-state index contributed by atoms with van der Waals surface area (Å²) >= 11 is 0. The standard InChI is InChI=1S/C57H101NO5/c1-4-7-10-13-16-19-22-25-28-30-33-36-39-42-45-48-53(63-57(62)50-47-44-41-38-35-32-27-24-21-18-15-12-9-6-3)51-56(61)58-54(52-59)55(60)49-46-43-40-37-34-31-29-26-23-20-17-14-11-8-5-2/h9,12,16,18-19,21,25,28,33,36,42,45,53-55,59-60H,4-8,10-11,13-15,17,20,22-24,26-27,29-32,34-35,37-41,43-44,46-52H2,1-3H3,(H,58,61)/b12-9+,19-16-,21-18+,28-25-,36-33-,45-42-. The molecule has 63 heavy (non-hydrogen) atoms. The molecule has 3 unspecified atom stereocenters. The normalized spacial score (nSPS) is 13.8. The molecule has 0 aliphatic carbocycles. The van der Waals surface area contributed by atoms with Crippen molar-refractivity contribution in [2.24, 2.45) is 0 Å². The van der Waals surface area contributed by atoms with Crippen LogP contribution < -0.4 is 5.32 Å². The Morgan fingerprint density at radius 1 is 0.492 bits per heavy atom. The average Bonchev–Trinajstić information content (AvgIpc) is 3.28. The molecule has 0 fully saturated rings. The number of hydrogen-bond donors (Lipinski definition) is 3. The van der Waals surface area contributed by atoms with Crippen molar-refractivity contribution in [3.05, 3.63) is 72.9 Å². The lowest BCUT2D eigenvalue weighted by Crippen LogP contribution is -2.46. The van der Waals surface area contributed by atoms with E-state index in [4.69, 9.17) is 4.74 Å². The molecule has 0 aromatic rings. The van der Waals surface area contributed by atoms with Gasteiger partial charge in [0.1, 0.15) is 6.10 Å². The first kappa shape index (κ1) is 60.3. The largest absolute Gasteiger partial charge is 0.461 e. The zero-order chi connectivity index (χ0) is 45.9. The lowest BCUT2D eigenvalue weighted by Gasteiger charge is -2.24. The van der Waals surface area contributed by atoms with E-state index in [-0.39, 0.29) is 24.9 Å². The van der Waals surface area contributed by atoms with Gasteiger partial charge in [0, 0.05) is 12.8 Å². The molecule has 0 bridgehead atoms. The highest BCUT2D eigenvalue weighted by molar-refractivity contribution is 5.77. The summed E-state index contributed by atoms with van der Waals surface area (Å²) < 4.78 is 5.87. The smallest absolute Gasteiger partial charge is 0.306 e. The van der Waals surface area contributed by atoms with E-state index in [0.717, 1.165) is 77.0 Å². The van der Waals surface area contributed by atoms with E-state index >= 15 is 0 Å². The average molecular weight is 880 g/mol. The molecular weight excluding hydrogens is 779 g/mol. The van der Waals surface area contributed by atoms with Gasteiger partial charge in [-0.15, -0.1) is 0 Å². The van der Waals surface area contributed by atoms with Crippen LogP contribution in [0.25, 0.3) is 0 Å². The van der Waals surface area contributed by atoms with Gasteiger partial charge < -0.3 is 20.3 Å². The molecule has 0 aromatic heterocycles. The summed E-state index contributed by atoms with van der Waals surface area (Å²) in [6, 6.07) is -0.735. The maximum atomic E-state index is 13.2. The van der Waals surface area contributed by atoms with Crippen molar-refractivity contribution < 1.29 is 24.5 Å². The van der Waals surface area contributed by atoms with E-state index in [2.05, 4.69) is 92.9 Å². The predicted molar refractivity (Wildman–Crippen MR) is 273 cm³/mol. The SMILES string of the molecule is CC/C=C/C/C=C/CCCCCCCCCC(=O)OC(C/C=C\C/C=C\C/C=C\C/C=C\CCCCC)CC(=O)NC(CO)C(O)CCCCCCCCCCCCCCCCC. The summed E-state index contributed by atoms with van der Waals surface area (Å²) in [6.45, 7) is 6.33. The van der Waals surface area contributed by atoms with Gasteiger partial charge in [-0.25, -0.2) is 0 Å². The van der Waals surface area contributed by atoms with Crippen molar-refractivity contribution >= 4 is 11.9 Å². The third kappa shape index (κ3) is 45.7. The number of ether oxygens (including phenoxy) is 1. The third-order valence-corrected chi connectivity index (χ3v) is 11.8. The summed E-state index contributed by atoms with van der Waals surface area (Å²) in [7, 11) is 0. The molecule has 0 aromatic carbocycles. The molecule has 0 saturated carbocycles. The van der Waals surface area contributed by atoms with Crippen LogP contribution in [0.1, 0.15) is 252 Å². The van der Waals surface area contributed by atoms with Crippen LogP contribution in [0, 0.1) is 0 Å². The molecule has 3 atom stereocenters. The number of carbonyl (C=O) groups is 2. The minimum atomic E-state index is -0.815. The number of aliphatic hydroxyl groups excluding tert-OH is 2. The fourth-order valence-corrected chi connectivity index (χ4v) is 7.74. The summed E-state index contributed by atoms with van der Waals surface area (Å²) in [4.78, 5) is 26.1. The molecule has 364 valence electrons. The second kappa shape index (κ2) is 50.3. The predicted octanol–water partition coefficient (Wildman–Crippen LogP) is 16.2. The molecular formula is C57H101NO5. The summed E-state index contributed by atoms with van der Waals surface area (Å²) in [5.74, 6) is -0.585. The van der Waals surface area contributed by atoms with Crippen molar-refractivity contribution in [2.45, 2.75) is 270 Å². The Morgan fingerprint density at radius 2 is 0.889 bits per heavy atom. The fraction of sp³-hybridized carbons (Fsp3) is 0.754. The van der Waals surface area contributed by atoms with Crippen LogP contribution in [-0.2, 0) is 14.3 Å². The number of aliphatic hydroxyl groups is 2. The van der Waals surface area contributed by atoms with Gasteiger partial charge in [0.15, 0.2) is 0 Å². The van der Waals surface area contributed by atoms with Crippen LogP contribution >= 0.6 is 0 Å². The Bertz CT molecular complexity index is 1170. The minimum absolute atomic E-state index is 0.00340. The highest BCUT2D eigenvalue weighted by Gasteiger charge is 2.23. The Hall–Kier alpha value is -2.70. The van der Waals surface area contributed by atoms with Crippen LogP contribution in [0.15, 0.2) is 72.9 Å². The maximum Gasteiger partial charge on any atom is 0.306 e. The quantitative estimate of drug-likeness (QED) is 0.0321. The topological polar surface area (TPSA) is 95.9 Å². The van der Waals surface area contributed by atoms with Crippen LogP contribution in [-0.4, -0.2) is 46.9 Å². The molecule has 0 heterocycles. The number of rotatable bonds is 47. The van der Waals surface area contributed by atoms with Crippen LogP contribution in [0.2, 0.25) is 0 Å². The van der Waals surface area contributed by atoms with Gasteiger partial charge in [-0.1, -0.05) is 235 Å². The van der Waals surface area contributed by atoms with Crippen LogP contribution in [0.5, 0.6) is 0 Å². The second-order valence-electron chi connectivity index (χ2n) is 17.9. The van der Waals surface area contributed by atoms with Gasteiger partial charge in [0.2, 0.25) is 5.91 Å². The molecule has 6 heteroatoms. The zero-order valence-electron chi connectivity index (χ0n) is 41.4. The maximum absolute atomic E-state index is 13.2. The highest BCUT2D eigenvalue weighted by atomic mass is 16.5. The Morgan fingerprint density at radius 3 is 1.38 bits per heavy atom. The molecule has 3 N–H and O–H groups in total. The van der Waals surface area contributed by atoms with Gasteiger partial charge >= 0.3 is 5.97 Å². The number of unbranched alkanes of at least 4 members (excludes halogenated alkanes) is 24. The van der Waals surface area contributed by atoms with E-state index < -0.39 is 18.2 Å². The Balaban J connectivity index is 4.69. The van der Waals surface area contributed by atoms with Crippen LogP contribution in [0.4, 0.5) is 0 Å². The number of allylic oxidation sites excluding steroid dienone is 11. The molecule has 1 amide bonds. The Labute approximate surface area is 390 Å². The van der Waals surface area contributed by atoms with E-state index in [1.807, 2.05) is 6.08 Å². The van der Waals surface area contributed by atoms with E-state index in [1.165, 1.54) is 128 Å². The van der Waals surface area contributed by atoms with Crippen LogP contribution in [0.3, 0.4) is 0 Å². The molecule has 0 aliphatic rings. The van der Waals surface area contributed by atoms with Crippen molar-refractivity contribution in [1.82, 2.24) is 5.32 Å². The van der Waals surface area contributed by atoms with E-state index in [9.17, 15) is 19.8 Å². The molecule has 0 saturated heterocycles. The van der Waals surface area contributed by atoms with Crippen molar-refractivity contribution in [3.63, 3.8) is 0 Å². The Kier molecular flexibility index (Phi) is 48.1. The number of amides is 1. The summed E-state index contributed by atoms with van der Waals surface area (Å²) in [6.07, 6.45) is 64.0. The summed E-state index contributed by atoms with van der Waals surface area (Å²) in [5, 5.41) is 23.8. The number of hydrogen-bond acceptors (Lipinski definition) is 5. The first-order valence-corrected chi connectivity index (χ1v) is 26.7. The highest BCUT2D eigenvalue weighted by Crippen LogP contribution is 2.16. The number of carbonyl (C=O) groups excluding carboxylic acids is 2. The number of nitrogens with one attached hydrogen (secondary N) is 1. The van der Waals surface area contributed by atoms with Gasteiger partial charge in [0.25, 0.3) is 0 Å². The van der Waals surface area contributed by atoms with Gasteiger partial charge in [-0.2, -0.15) is 0 Å². The van der Waals surface area contributed by atoms with E-state index in [1.54, 1.807) is 0 Å². The molecule has 6 nitrogen and oxygen atoms in total. The lowest BCUT2D eigenvalue weighted by atomic mass is 10.0. The monoisotopic (exact) mass is 880 g/mol. The molecule has 0 spiro atoms. The first-order chi connectivity index (χ1) is 31.0. The molecule has 0 radical (unpaired) electrons. The minimum Gasteiger partial charge on any atom is -0.461 e. The van der Waals surface area contributed by atoms with Gasteiger partial charge in [-0.05, 0) is 70.6 Å². The van der Waals surface area contributed by atoms with Crippen molar-refractivity contribution in [3.8, 4) is 0 Å². The lowest BCUT2D eigenvalue weighted by molar-refractivity contribution is -0.150. The molecule has 0 rings (SSSR count). The van der Waals surface area contributed by atoms with Crippen molar-refractivity contribution in [2.75, 3.05) is 6.61 Å². The van der Waals surface area contributed by atoms with Gasteiger partial charge in [-0.3, -0.25) is 9.59 Å². The zero-order valence-corrected chi connectivity index (χ0v) is 41.4. The fourth-order valence-electron chi connectivity index (χ4n) is 7.74. The van der Waals surface area contributed by atoms with Crippen molar-refractivity contribution in [1.29, 1.82) is 0 Å². The van der Waals surface area contributed by atoms with Gasteiger partial charge in [0.05, 0.1) is 25.2 Å².